The molecule has 0 aromatic carbocycles. The lowest BCUT2D eigenvalue weighted by atomic mass is 9.47. The minimum atomic E-state index is -0.0322. The highest BCUT2D eigenvalue weighted by Gasteiger charge is 2.58. The number of allylic oxidation sites excluding steroid dienone is 2. The fourth-order valence-electron chi connectivity index (χ4n) is 9.34. The second kappa shape index (κ2) is 13.8. The molecule has 212 valence electrons. The van der Waals surface area contributed by atoms with Gasteiger partial charge < -0.3 is 4.74 Å². The van der Waals surface area contributed by atoms with Gasteiger partial charge in [-0.05, 0) is 110 Å². The number of fused-ring (bicyclic) bond motifs is 5. The minimum absolute atomic E-state index is 0.0322. The van der Waals surface area contributed by atoms with Crippen LogP contribution < -0.4 is 0 Å². The first kappa shape index (κ1) is 29.5. The Hall–Kier alpha value is -0.440. The smallest absolute Gasteiger partial charge is 0.367 e. The summed E-state index contributed by atoms with van der Waals surface area (Å²) in [7, 11) is 0. The van der Waals surface area contributed by atoms with Crippen molar-refractivity contribution in [3.63, 3.8) is 0 Å². The topological polar surface area (TPSA) is 26.3 Å². The van der Waals surface area contributed by atoms with Gasteiger partial charge >= 0.3 is 5.30 Å². The molecule has 37 heavy (non-hydrogen) atoms. The standard InChI is InChI=1S/C34H58O2S/c1-5-7-9-11-12-13-15-26-17-19-30-29-18-16-27-25-28(37-32(35)36-24-14-10-8-6-2)20-22-34(27,4)31(29)21-23-33(26,30)3/h16,26,28-31H,5-15,17-25H2,1-4H3/t26-,28+,29-,30-,31+,33-,34+/m1/s1. The van der Waals surface area contributed by atoms with Gasteiger partial charge in [0.2, 0.25) is 0 Å². The quantitative estimate of drug-likeness (QED) is 0.134. The molecule has 3 saturated carbocycles. The Morgan fingerprint density at radius 2 is 1.62 bits per heavy atom. The fraction of sp³-hybridized carbons (Fsp3) is 0.912. The Morgan fingerprint density at radius 3 is 2.41 bits per heavy atom. The van der Waals surface area contributed by atoms with Crippen molar-refractivity contribution in [2.45, 2.75) is 155 Å². The summed E-state index contributed by atoms with van der Waals surface area (Å²) in [6.45, 7) is 10.4. The number of rotatable bonds is 13. The maximum atomic E-state index is 12.5. The highest BCUT2D eigenvalue weighted by atomic mass is 32.2. The highest BCUT2D eigenvalue weighted by Crippen LogP contribution is 2.67. The first-order valence-electron chi connectivity index (χ1n) is 16.4. The van der Waals surface area contributed by atoms with Gasteiger partial charge in [-0.1, -0.05) is 97.1 Å². The Labute approximate surface area is 233 Å². The number of thioether (sulfide) groups is 1. The van der Waals surface area contributed by atoms with Crippen LogP contribution in [0.15, 0.2) is 11.6 Å². The van der Waals surface area contributed by atoms with E-state index in [-0.39, 0.29) is 5.30 Å². The van der Waals surface area contributed by atoms with Crippen molar-refractivity contribution in [2.24, 2.45) is 34.5 Å². The average molecular weight is 531 g/mol. The van der Waals surface area contributed by atoms with Gasteiger partial charge in [-0.25, -0.2) is 4.79 Å². The molecule has 7 atom stereocenters. The normalized spacial score (nSPS) is 36.9. The molecule has 3 heteroatoms. The highest BCUT2D eigenvalue weighted by molar-refractivity contribution is 8.13. The first-order chi connectivity index (χ1) is 17.9. The van der Waals surface area contributed by atoms with E-state index in [1.165, 1.54) is 121 Å². The SMILES string of the molecule is CCCCCCCC[C@@H]1CC[C@@H]2[C@H]3CC=C4C[C@@H](SC(=O)OCCCCCC)CC[C@]4(C)[C@H]3CC[C@]12C. The van der Waals surface area contributed by atoms with Gasteiger partial charge in [0, 0.05) is 5.25 Å². The van der Waals surface area contributed by atoms with Crippen LogP contribution in [0.1, 0.15) is 150 Å². The molecule has 0 aromatic rings. The van der Waals surface area contributed by atoms with Crippen LogP contribution in [0, 0.1) is 34.5 Å². The second-order valence-electron chi connectivity index (χ2n) is 13.8. The minimum Gasteiger partial charge on any atom is -0.458 e. The van der Waals surface area contributed by atoms with E-state index in [2.05, 4.69) is 33.8 Å². The van der Waals surface area contributed by atoms with Gasteiger partial charge in [0.25, 0.3) is 0 Å². The maximum Gasteiger partial charge on any atom is 0.367 e. The molecule has 0 amide bonds. The third-order valence-electron chi connectivity index (χ3n) is 11.6. The van der Waals surface area contributed by atoms with Crippen molar-refractivity contribution in [1.29, 1.82) is 0 Å². The third kappa shape index (κ3) is 6.83. The maximum absolute atomic E-state index is 12.5. The molecule has 0 heterocycles. The summed E-state index contributed by atoms with van der Waals surface area (Å²) in [6, 6.07) is 0. The van der Waals surface area contributed by atoms with Gasteiger partial charge in [-0.15, -0.1) is 0 Å². The van der Waals surface area contributed by atoms with Crippen LogP contribution in [0.4, 0.5) is 4.79 Å². The summed E-state index contributed by atoms with van der Waals surface area (Å²) in [6.07, 6.45) is 28.1. The summed E-state index contributed by atoms with van der Waals surface area (Å²) in [5, 5.41) is 0.385. The zero-order valence-electron chi connectivity index (χ0n) is 24.8. The molecule has 2 nitrogen and oxygen atoms in total. The molecule has 0 unspecified atom stereocenters. The van der Waals surface area contributed by atoms with Crippen LogP contribution >= 0.6 is 11.8 Å². The Morgan fingerprint density at radius 1 is 0.892 bits per heavy atom. The molecule has 4 rings (SSSR count). The van der Waals surface area contributed by atoms with E-state index in [4.69, 9.17) is 4.74 Å². The lowest BCUT2D eigenvalue weighted by Gasteiger charge is -2.58. The number of unbranched alkanes of at least 4 members (excludes halogenated alkanes) is 8. The number of hydrogen-bond donors (Lipinski definition) is 0. The van der Waals surface area contributed by atoms with Crippen molar-refractivity contribution >= 4 is 17.1 Å². The number of ether oxygens (including phenoxy) is 1. The first-order valence-corrected chi connectivity index (χ1v) is 17.3. The van der Waals surface area contributed by atoms with Gasteiger partial charge in [0.15, 0.2) is 0 Å². The summed E-state index contributed by atoms with van der Waals surface area (Å²) < 4.78 is 5.56. The van der Waals surface area contributed by atoms with E-state index in [1.807, 2.05) is 0 Å². The lowest BCUT2D eigenvalue weighted by molar-refractivity contribution is -0.0421. The second-order valence-corrected chi connectivity index (χ2v) is 15.0. The summed E-state index contributed by atoms with van der Waals surface area (Å²) >= 11 is 1.49. The average Bonchev–Trinajstić information content (AvgIpc) is 3.22. The van der Waals surface area contributed by atoms with Crippen molar-refractivity contribution in [2.75, 3.05) is 6.61 Å². The van der Waals surface area contributed by atoms with E-state index in [1.54, 1.807) is 5.57 Å². The van der Waals surface area contributed by atoms with Crippen LogP contribution in [0.3, 0.4) is 0 Å². The lowest BCUT2D eigenvalue weighted by Crippen LogP contribution is -2.50. The predicted octanol–water partition coefficient (Wildman–Crippen LogP) is 11.1. The predicted molar refractivity (Wildman–Crippen MR) is 160 cm³/mol. The van der Waals surface area contributed by atoms with Gasteiger partial charge in [0.05, 0.1) is 6.61 Å². The van der Waals surface area contributed by atoms with Crippen LogP contribution in [-0.4, -0.2) is 17.2 Å². The van der Waals surface area contributed by atoms with Gasteiger partial charge in [-0.3, -0.25) is 0 Å². The van der Waals surface area contributed by atoms with Crippen molar-refractivity contribution in [3.8, 4) is 0 Å². The van der Waals surface area contributed by atoms with E-state index in [0.717, 1.165) is 36.5 Å². The van der Waals surface area contributed by atoms with Crippen molar-refractivity contribution in [3.05, 3.63) is 11.6 Å². The van der Waals surface area contributed by atoms with E-state index in [9.17, 15) is 4.79 Å². The number of carbonyl (C=O) groups excluding carboxylic acids is 1. The number of carbonyl (C=O) groups is 1. The molecule has 0 aromatic heterocycles. The van der Waals surface area contributed by atoms with E-state index >= 15 is 0 Å². The van der Waals surface area contributed by atoms with Gasteiger partial charge in [0.1, 0.15) is 0 Å². The molecule has 0 radical (unpaired) electrons. The third-order valence-corrected chi connectivity index (χ3v) is 12.7. The summed E-state index contributed by atoms with van der Waals surface area (Å²) in [4.78, 5) is 12.5. The molecule has 0 aliphatic heterocycles. The molecule has 0 N–H and O–H groups in total. The van der Waals surface area contributed by atoms with E-state index < -0.39 is 0 Å². The fourth-order valence-corrected chi connectivity index (χ4v) is 10.3. The van der Waals surface area contributed by atoms with Crippen LogP contribution in [0.2, 0.25) is 0 Å². The van der Waals surface area contributed by atoms with Crippen LogP contribution in [0.25, 0.3) is 0 Å². The zero-order valence-corrected chi connectivity index (χ0v) is 25.6. The van der Waals surface area contributed by atoms with Crippen molar-refractivity contribution < 1.29 is 9.53 Å². The Bertz CT molecular complexity index is 761. The molecule has 0 bridgehead atoms. The Balaban J connectivity index is 1.29. The molecule has 0 saturated heterocycles. The molecular weight excluding hydrogens is 472 g/mol. The summed E-state index contributed by atoms with van der Waals surface area (Å²) in [5.74, 6) is 3.69. The molecular formula is C34H58O2S. The molecule has 4 aliphatic carbocycles. The molecule has 3 fully saturated rings. The van der Waals surface area contributed by atoms with Gasteiger partial charge in [-0.2, -0.15) is 0 Å². The number of hydrogen-bond acceptors (Lipinski definition) is 3. The zero-order chi connectivity index (χ0) is 26.3. The van der Waals surface area contributed by atoms with Crippen LogP contribution in [0.5, 0.6) is 0 Å². The van der Waals surface area contributed by atoms with Crippen molar-refractivity contribution in [1.82, 2.24) is 0 Å². The monoisotopic (exact) mass is 530 g/mol. The largest absolute Gasteiger partial charge is 0.458 e. The Kier molecular flexibility index (Phi) is 11.0. The molecule has 4 aliphatic rings. The summed E-state index contributed by atoms with van der Waals surface area (Å²) in [5.41, 5.74) is 2.67. The van der Waals surface area contributed by atoms with Crippen LogP contribution in [-0.2, 0) is 4.74 Å². The van der Waals surface area contributed by atoms with E-state index in [0.29, 0.717) is 22.7 Å². The molecule has 0 spiro atoms.